The van der Waals surface area contributed by atoms with Crippen molar-refractivity contribution in [1.82, 2.24) is 4.48 Å². The summed E-state index contributed by atoms with van der Waals surface area (Å²) in [7, 11) is 4.40. The smallest absolute Gasteiger partial charge is 0.137 e. The number of benzene rings is 2. The summed E-state index contributed by atoms with van der Waals surface area (Å²) in [5.41, 5.74) is 2.59. The molecule has 0 aliphatic rings. The molecular weight excluding hydrogens is 218 g/mol. The van der Waals surface area contributed by atoms with Crippen molar-refractivity contribution in [3.8, 4) is 0 Å². The van der Waals surface area contributed by atoms with Crippen molar-refractivity contribution < 1.29 is 12.4 Å². The van der Waals surface area contributed by atoms with Gasteiger partial charge in [-0.2, -0.15) is 0 Å². The Kier molecular flexibility index (Phi) is 4.11. The van der Waals surface area contributed by atoms with Gasteiger partial charge < -0.3 is 12.4 Å². The zero-order chi connectivity index (χ0) is 10.7. The lowest BCUT2D eigenvalue weighted by molar-refractivity contribution is -0.00000308. The zero-order valence-electron chi connectivity index (χ0n) is 9.60. The summed E-state index contributed by atoms with van der Waals surface area (Å²) in [6, 6.07) is 21.1. The molecule has 2 heteroatoms. The minimum absolute atomic E-state index is 0. The molecule has 1 nitrogen and oxygen atoms in total. The van der Waals surface area contributed by atoms with Crippen LogP contribution in [0.15, 0.2) is 60.7 Å². The summed E-state index contributed by atoms with van der Waals surface area (Å²) in [4.78, 5) is 0. The van der Waals surface area contributed by atoms with Crippen LogP contribution in [0.25, 0.3) is 0 Å². The maximum Gasteiger partial charge on any atom is 0.137 e. The minimum Gasteiger partial charge on any atom is -1.00 e. The molecule has 0 spiro atoms. The molecule has 0 aromatic heterocycles. The van der Waals surface area contributed by atoms with Crippen molar-refractivity contribution in [3.63, 3.8) is 0 Å². The number of nitrogens with zero attached hydrogens (tertiary/aromatic N) is 1. The predicted molar refractivity (Wildman–Crippen MR) is 66.2 cm³/mol. The van der Waals surface area contributed by atoms with E-state index >= 15 is 0 Å². The van der Waals surface area contributed by atoms with Crippen LogP contribution in [0, 0.1) is 0 Å². The van der Waals surface area contributed by atoms with Gasteiger partial charge in [-0.15, -0.1) is 0 Å². The van der Waals surface area contributed by atoms with Gasteiger partial charge in [0.2, 0.25) is 0 Å². The molecule has 2 rings (SSSR count). The second-order valence-electron chi connectivity index (χ2n) is 4.12. The first kappa shape index (κ1) is 12.8. The van der Waals surface area contributed by atoms with Crippen molar-refractivity contribution in [2.45, 2.75) is 0 Å². The normalized spacial score (nSPS) is 10.6. The molecule has 84 valence electrons. The highest BCUT2D eigenvalue weighted by atomic mass is 35.5. The molecule has 16 heavy (non-hydrogen) atoms. The summed E-state index contributed by atoms with van der Waals surface area (Å²) in [6.07, 6.45) is 0. The average molecular weight is 234 g/mol. The monoisotopic (exact) mass is 233 g/mol. The van der Waals surface area contributed by atoms with Crippen LogP contribution in [0.3, 0.4) is 0 Å². The maximum atomic E-state index is 2.20. The van der Waals surface area contributed by atoms with Gasteiger partial charge in [-0.25, -0.2) is 0 Å². The summed E-state index contributed by atoms with van der Waals surface area (Å²) in [5, 5.41) is 0. The number of para-hydroxylation sites is 2. The van der Waals surface area contributed by atoms with Crippen molar-refractivity contribution >= 4 is 11.4 Å². The van der Waals surface area contributed by atoms with Crippen molar-refractivity contribution in [2.24, 2.45) is 0 Å². The fraction of sp³-hybridized carbons (Fsp3) is 0.143. The molecule has 0 saturated carbocycles. The molecule has 0 unspecified atom stereocenters. The third-order valence-corrected chi connectivity index (χ3v) is 2.80. The van der Waals surface area contributed by atoms with Gasteiger partial charge in [-0.1, -0.05) is 36.4 Å². The van der Waals surface area contributed by atoms with Gasteiger partial charge in [-0.05, 0) is 24.3 Å². The van der Waals surface area contributed by atoms with E-state index in [2.05, 4.69) is 74.8 Å². The standard InChI is InChI=1S/C14H16N.ClH/c1-15(2,13-9-5-3-6-10-13)14-11-7-4-8-12-14;/h3-12H,1-2H3;1H/q+1;/p-1. The fourth-order valence-corrected chi connectivity index (χ4v) is 1.75. The third kappa shape index (κ3) is 2.43. The Balaban J connectivity index is 0.00000128. The Labute approximate surface area is 103 Å². The van der Waals surface area contributed by atoms with Gasteiger partial charge in [0.05, 0.1) is 14.1 Å². The molecule has 0 aliphatic heterocycles. The highest BCUT2D eigenvalue weighted by Gasteiger charge is 2.20. The Hall–Kier alpha value is -1.31. The van der Waals surface area contributed by atoms with E-state index in [4.69, 9.17) is 0 Å². The van der Waals surface area contributed by atoms with Gasteiger partial charge >= 0.3 is 0 Å². The van der Waals surface area contributed by atoms with Crippen LogP contribution < -0.4 is 16.9 Å². The molecule has 2 aromatic carbocycles. The van der Waals surface area contributed by atoms with Gasteiger partial charge in [-0.3, -0.25) is 4.48 Å². The topological polar surface area (TPSA) is 0 Å². The second kappa shape index (κ2) is 5.15. The zero-order valence-corrected chi connectivity index (χ0v) is 10.4. The van der Waals surface area contributed by atoms with E-state index in [0.717, 1.165) is 4.48 Å². The first-order chi connectivity index (χ1) is 7.21. The van der Waals surface area contributed by atoms with Gasteiger partial charge in [0.25, 0.3) is 0 Å². The quantitative estimate of drug-likeness (QED) is 0.667. The van der Waals surface area contributed by atoms with Crippen LogP contribution in [0.2, 0.25) is 0 Å². The molecule has 0 amide bonds. The molecule has 0 heterocycles. The van der Waals surface area contributed by atoms with E-state index in [1.54, 1.807) is 0 Å². The Morgan fingerprint density at radius 3 is 1.25 bits per heavy atom. The van der Waals surface area contributed by atoms with E-state index in [-0.39, 0.29) is 12.4 Å². The maximum absolute atomic E-state index is 2.20. The molecule has 0 fully saturated rings. The van der Waals surface area contributed by atoms with Gasteiger partial charge in [0.1, 0.15) is 11.4 Å². The Bertz CT molecular complexity index is 382. The molecule has 0 aliphatic carbocycles. The summed E-state index contributed by atoms with van der Waals surface area (Å²) in [6.45, 7) is 0. The number of hydrogen-bond donors (Lipinski definition) is 0. The highest BCUT2D eigenvalue weighted by Crippen LogP contribution is 2.29. The lowest BCUT2D eigenvalue weighted by Crippen LogP contribution is -3.00. The first-order valence-electron chi connectivity index (χ1n) is 5.16. The van der Waals surface area contributed by atoms with E-state index in [0.29, 0.717) is 0 Å². The highest BCUT2D eigenvalue weighted by molar-refractivity contribution is 5.56. The van der Waals surface area contributed by atoms with Crippen LogP contribution in [-0.4, -0.2) is 14.1 Å². The average Bonchev–Trinajstić information content (AvgIpc) is 2.31. The molecule has 0 N–H and O–H groups in total. The fourth-order valence-electron chi connectivity index (χ4n) is 1.75. The summed E-state index contributed by atoms with van der Waals surface area (Å²) >= 11 is 0. The van der Waals surface area contributed by atoms with Crippen LogP contribution in [0.1, 0.15) is 0 Å². The molecule has 0 saturated heterocycles. The number of quaternary nitrogens is 1. The van der Waals surface area contributed by atoms with Gasteiger partial charge in [0, 0.05) is 0 Å². The van der Waals surface area contributed by atoms with Crippen LogP contribution in [0.4, 0.5) is 11.4 Å². The SMILES string of the molecule is C[N+](C)(c1ccccc1)c1ccccc1.[Cl-]. The Morgan fingerprint density at radius 2 is 0.938 bits per heavy atom. The molecule has 0 bridgehead atoms. The van der Waals surface area contributed by atoms with E-state index in [1.807, 2.05) is 0 Å². The lowest BCUT2D eigenvalue weighted by Gasteiger charge is -2.28. The number of hydrogen-bond acceptors (Lipinski definition) is 0. The third-order valence-electron chi connectivity index (χ3n) is 2.80. The van der Waals surface area contributed by atoms with Crippen LogP contribution in [0.5, 0.6) is 0 Å². The first-order valence-corrected chi connectivity index (χ1v) is 5.16. The van der Waals surface area contributed by atoms with E-state index < -0.39 is 0 Å². The van der Waals surface area contributed by atoms with Crippen LogP contribution in [-0.2, 0) is 0 Å². The van der Waals surface area contributed by atoms with E-state index in [9.17, 15) is 0 Å². The largest absolute Gasteiger partial charge is 1.00 e. The summed E-state index contributed by atoms with van der Waals surface area (Å²) in [5.74, 6) is 0. The van der Waals surface area contributed by atoms with Gasteiger partial charge in [0.15, 0.2) is 0 Å². The van der Waals surface area contributed by atoms with E-state index in [1.165, 1.54) is 11.4 Å². The van der Waals surface area contributed by atoms with Crippen molar-refractivity contribution in [3.05, 3.63) is 60.7 Å². The molecule has 2 aromatic rings. The van der Waals surface area contributed by atoms with Crippen molar-refractivity contribution in [1.29, 1.82) is 0 Å². The van der Waals surface area contributed by atoms with Crippen LogP contribution >= 0.6 is 0 Å². The lowest BCUT2D eigenvalue weighted by atomic mass is 10.2. The molecule has 0 atom stereocenters. The molecular formula is C14H16ClN. The number of rotatable bonds is 2. The summed E-state index contributed by atoms with van der Waals surface area (Å²) < 4.78 is 0.779. The second-order valence-corrected chi connectivity index (χ2v) is 4.12. The molecule has 0 radical (unpaired) electrons. The van der Waals surface area contributed by atoms with Crippen molar-refractivity contribution in [2.75, 3.05) is 14.1 Å². The Morgan fingerprint density at radius 1 is 0.625 bits per heavy atom. The number of halogens is 1. The predicted octanol–water partition coefficient (Wildman–Crippen LogP) is 0.589. The minimum atomic E-state index is 0.